The van der Waals surface area contributed by atoms with Crippen LogP contribution >= 0.6 is 24.8 Å². The Hall–Kier alpha value is -1.05. The van der Waals surface area contributed by atoms with Crippen molar-refractivity contribution in [3.63, 3.8) is 0 Å². The van der Waals surface area contributed by atoms with Crippen molar-refractivity contribution in [3.05, 3.63) is 29.8 Å². The van der Waals surface area contributed by atoms with Crippen LogP contribution in [0.2, 0.25) is 0 Å². The van der Waals surface area contributed by atoms with E-state index in [4.69, 9.17) is 15.2 Å². The van der Waals surface area contributed by atoms with Crippen LogP contribution in [0.4, 0.5) is 0 Å². The van der Waals surface area contributed by atoms with Crippen LogP contribution in [-0.4, -0.2) is 57.3 Å². The van der Waals surface area contributed by atoms with Gasteiger partial charge in [-0.15, -0.1) is 24.8 Å². The van der Waals surface area contributed by atoms with Crippen molar-refractivity contribution in [2.45, 2.75) is 25.9 Å². The molecule has 0 bridgehead atoms. The van der Waals surface area contributed by atoms with E-state index in [0.717, 1.165) is 24.4 Å². The summed E-state index contributed by atoms with van der Waals surface area (Å²) in [5.41, 5.74) is 6.87. The molecule has 2 atom stereocenters. The minimum absolute atomic E-state index is 0. The third-order valence-corrected chi connectivity index (χ3v) is 3.88. The Morgan fingerprint density at radius 2 is 1.88 bits per heavy atom. The summed E-state index contributed by atoms with van der Waals surface area (Å²) in [7, 11) is 3.18. The lowest BCUT2D eigenvalue weighted by molar-refractivity contribution is -0.123. The zero-order valence-corrected chi connectivity index (χ0v) is 17.0. The normalized spacial score (nSPS) is 12.6. The lowest BCUT2D eigenvalue weighted by atomic mass is 10.0. The fraction of sp³-hybridized carbons (Fsp3) is 0.588. The van der Waals surface area contributed by atoms with Gasteiger partial charge in [-0.2, -0.15) is 0 Å². The maximum Gasteiger partial charge on any atom is 0.239 e. The number of nitrogens with two attached hydrogens (primary N) is 1. The lowest BCUT2D eigenvalue weighted by Gasteiger charge is -2.30. The highest BCUT2D eigenvalue weighted by molar-refractivity contribution is 5.85. The van der Waals surface area contributed by atoms with Crippen molar-refractivity contribution in [1.82, 2.24) is 10.2 Å². The smallest absolute Gasteiger partial charge is 0.239 e. The number of hydrogen-bond acceptors (Lipinski definition) is 5. The van der Waals surface area contributed by atoms with Gasteiger partial charge in [0.2, 0.25) is 5.91 Å². The van der Waals surface area contributed by atoms with E-state index in [1.807, 2.05) is 24.3 Å². The Bertz CT molecular complexity index is 488. The number of carbonyl (C=O) groups excluding carboxylic acids is 1. The molecular formula is C17H31Cl2N3O3. The third-order valence-electron chi connectivity index (χ3n) is 3.88. The average molecular weight is 396 g/mol. The fourth-order valence-electron chi connectivity index (χ4n) is 2.55. The largest absolute Gasteiger partial charge is 0.497 e. The molecule has 0 aromatic heterocycles. The van der Waals surface area contributed by atoms with Crippen LogP contribution in [0.3, 0.4) is 0 Å². The van der Waals surface area contributed by atoms with Gasteiger partial charge in [-0.25, -0.2) is 0 Å². The van der Waals surface area contributed by atoms with Gasteiger partial charge in [-0.1, -0.05) is 26.0 Å². The first-order chi connectivity index (χ1) is 11.1. The van der Waals surface area contributed by atoms with Gasteiger partial charge in [0.25, 0.3) is 0 Å². The summed E-state index contributed by atoms with van der Waals surface area (Å²) < 4.78 is 10.2. The van der Waals surface area contributed by atoms with Crippen molar-refractivity contribution in [2.24, 2.45) is 5.73 Å². The highest BCUT2D eigenvalue weighted by Gasteiger charge is 2.21. The molecule has 6 nitrogen and oxygen atoms in total. The van der Waals surface area contributed by atoms with Crippen LogP contribution in [0.15, 0.2) is 24.3 Å². The molecule has 0 saturated heterocycles. The average Bonchev–Trinajstić information content (AvgIpc) is 2.58. The summed E-state index contributed by atoms with van der Waals surface area (Å²) in [5, 5.41) is 2.93. The van der Waals surface area contributed by atoms with Crippen molar-refractivity contribution < 1.29 is 14.3 Å². The molecule has 0 aliphatic rings. The first-order valence-electron chi connectivity index (χ1n) is 7.97. The maximum absolute atomic E-state index is 12.0. The van der Waals surface area contributed by atoms with Gasteiger partial charge in [0, 0.05) is 13.7 Å². The molecule has 1 amide bonds. The first kappa shape index (κ1) is 26.2. The summed E-state index contributed by atoms with van der Waals surface area (Å²) in [4.78, 5) is 14.3. The number of halogens is 2. The van der Waals surface area contributed by atoms with Crippen molar-refractivity contribution in [2.75, 3.05) is 40.5 Å². The predicted octanol–water partition coefficient (Wildman–Crippen LogP) is 2.01. The number of methoxy groups -OCH3 is 2. The molecule has 0 heterocycles. The highest BCUT2D eigenvalue weighted by atomic mass is 35.5. The number of hydrogen-bond donors (Lipinski definition) is 2. The van der Waals surface area contributed by atoms with Gasteiger partial charge in [0.05, 0.1) is 19.8 Å². The number of nitrogens with one attached hydrogen (secondary N) is 1. The van der Waals surface area contributed by atoms with E-state index in [1.165, 1.54) is 7.11 Å². The molecule has 0 saturated carbocycles. The lowest BCUT2D eigenvalue weighted by Crippen LogP contribution is -2.46. The van der Waals surface area contributed by atoms with Gasteiger partial charge in [0.15, 0.2) is 0 Å². The first-order valence-corrected chi connectivity index (χ1v) is 7.97. The Balaban J connectivity index is 0. The van der Waals surface area contributed by atoms with Crippen LogP contribution in [0.5, 0.6) is 5.75 Å². The molecular weight excluding hydrogens is 365 g/mol. The van der Waals surface area contributed by atoms with Gasteiger partial charge in [0.1, 0.15) is 11.8 Å². The molecule has 1 rings (SSSR count). The number of carbonyl (C=O) groups is 1. The van der Waals surface area contributed by atoms with E-state index < -0.39 is 6.04 Å². The van der Waals surface area contributed by atoms with E-state index >= 15 is 0 Å². The Labute approximate surface area is 163 Å². The van der Waals surface area contributed by atoms with Crippen LogP contribution in [0, 0.1) is 0 Å². The van der Waals surface area contributed by atoms with Crippen LogP contribution < -0.4 is 15.8 Å². The minimum atomic E-state index is -0.650. The topological polar surface area (TPSA) is 76.8 Å². The molecule has 25 heavy (non-hydrogen) atoms. The summed E-state index contributed by atoms with van der Waals surface area (Å²) in [5.74, 6) is 0.606. The van der Waals surface area contributed by atoms with Gasteiger partial charge < -0.3 is 20.5 Å². The SMILES string of the molecule is CCN(CC)C(CNC(=O)C(N)COC)c1cccc(OC)c1.Cl.Cl. The molecule has 0 spiro atoms. The summed E-state index contributed by atoms with van der Waals surface area (Å²) in [6, 6.07) is 7.34. The molecule has 0 radical (unpaired) electrons. The van der Waals surface area contributed by atoms with Crippen molar-refractivity contribution in [1.29, 1.82) is 0 Å². The highest BCUT2D eigenvalue weighted by Crippen LogP contribution is 2.23. The molecule has 146 valence electrons. The van der Waals surface area contributed by atoms with Gasteiger partial charge in [-0.3, -0.25) is 9.69 Å². The zero-order chi connectivity index (χ0) is 17.2. The molecule has 8 heteroatoms. The minimum Gasteiger partial charge on any atom is -0.497 e. The van der Waals surface area contributed by atoms with Crippen LogP contribution in [0.25, 0.3) is 0 Å². The van der Waals surface area contributed by atoms with E-state index in [9.17, 15) is 4.79 Å². The van der Waals surface area contributed by atoms with E-state index in [-0.39, 0.29) is 43.4 Å². The summed E-state index contributed by atoms with van der Waals surface area (Å²) in [6.07, 6.45) is 0. The molecule has 0 aliphatic carbocycles. The number of nitrogens with zero attached hydrogens (tertiary/aromatic N) is 1. The zero-order valence-electron chi connectivity index (χ0n) is 15.4. The molecule has 1 aromatic rings. The summed E-state index contributed by atoms with van der Waals surface area (Å²) in [6.45, 7) is 6.69. The Morgan fingerprint density at radius 3 is 2.40 bits per heavy atom. The Kier molecular flexibility index (Phi) is 14.8. The second-order valence-electron chi connectivity index (χ2n) is 5.32. The third kappa shape index (κ3) is 8.25. The van der Waals surface area contributed by atoms with Crippen molar-refractivity contribution >= 4 is 30.7 Å². The maximum atomic E-state index is 12.0. The fourth-order valence-corrected chi connectivity index (χ4v) is 2.55. The van der Waals surface area contributed by atoms with E-state index in [2.05, 4.69) is 24.1 Å². The number of amides is 1. The number of rotatable bonds is 10. The van der Waals surface area contributed by atoms with E-state index in [0.29, 0.717) is 6.54 Å². The van der Waals surface area contributed by atoms with Gasteiger partial charge in [-0.05, 0) is 30.8 Å². The quantitative estimate of drug-likeness (QED) is 0.633. The molecule has 2 unspecified atom stereocenters. The van der Waals surface area contributed by atoms with Crippen LogP contribution in [-0.2, 0) is 9.53 Å². The standard InChI is InChI=1S/C17H29N3O3.2ClH/c1-5-20(6-2)16(11-19-17(21)15(18)12-22-3)13-8-7-9-14(10-13)23-4;;/h7-10,15-16H,5-6,11-12,18H2,1-4H3,(H,19,21);2*1H. The molecule has 1 aromatic carbocycles. The van der Waals surface area contributed by atoms with Crippen LogP contribution in [0.1, 0.15) is 25.5 Å². The molecule has 0 fully saturated rings. The number of benzene rings is 1. The summed E-state index contributed by atoms with van der Waals surface area (Å²) >= 11 is 0. The van der Waals surface area contributed by atoms with Gasteiger partial charge >= 0.3 is 0 Å². The Morgan fingerprint density at radius 1 is 1.24 bits per heavy atom. The number of likely N-dealkylation sites (N-methyl/N-ethyl adjacent to an activating group) is 1. The van der Waals surface area contributed by atoms with Crippen molar-refractivity contribution in [3.8, 4) is 5.75 Å². The predicted molar refractivity (Wildman–Crippen MR) is 106 cm³/mol. The second-order valence-corrected chi connectivity index (χ2v) is 5.32. The monoisotopic (exact) mass is 395 g/mol. The van der Waals surface area contributed by atoms with E-state index in [1.54, 1.807) is 7.11 Å². The second kappa shape index (κ2) is 14.2. The molecule has 3 N–H and O–H groups in total. The molecule has 0 aliphatic heterocycles. The number of ether oxygens (including phenoxy) is 2.